The molecule has 0 spiro atoms. The van der Waals surface area contributed by atoms with E-state index in [0.717, 1.165) is 10.2 Å². The Kier molecular flexibility index (Phi) is 4.71. The number of nitrogens with one attached hydrogen (secondary N) is 1. The van der Waals surface area contributed by atoms with E-state index < -0.39 is 0 Å². The van der Waals surface area contributed by atoms with Crippen LogP contribution in [0.5, 0.6) is 0 Å². The van der Waals surface area contributed by atoms with E-state index >= 15 is 0 Å². The van der Waals surface area contributed by atoms with Gasteiger partial charge in [-0.15, -0.1) is 0 Å². The Morgan fingerprint density at radius 3 is 2.45 bits per heavy atom. The molecule has 4 heteroatoms. The Bertz CT molecular complexity index is 641. The van der Waals surface area contributed by atoms with Crippen LogP contribution in [0.1, 0.15) is 35.2 Å². The normalized spacial score (nSPS) is 12.3. The summed E-state index contributed by atoms with van der Waals surface area (Å²) < 4.78 is 0.911. The van der Waals surface area contributed by atoms with Crippen LogP contribution >= 0.6 is 27.5 Å². The minimum absolute atomic E-state index is 0.169. The zero-order valence-electron chi connectivity index (χ0n) is 12.1. The van der Waals surface area contributed by atoms with Gasteiger partial charge in [-0.2, -0.15) is 0 Å². The van der Waals surface area contributed by atoms with Crippen molar-refractivity contribution in [1.82, 2.24) is 4.98 Å². The first kappa shape index (κ1) is 15.3. The van der Waals surface area contributed by atoms with Crippen molar-refractivity contribution in [3.8, 4) is 0 Å². The van der Waals surface area contributed by atoms with E-state index in [0.29, 0.717) is 5.15 Å². The summed E-state index contributed by atoms with van der Waals surface area (Å²) in [5, 5.41) is 3.92. The van der Waals surface area contributed by atoms with Gasteiger partial charge in [-0.3, -0.25) is 0 Å². The Morgan fingerprint density at radius 1 is 1.10 bits per heavy atom. The van der Waals surface area contributed by atoms with Gasteiger partial charge >= 0.3 is 0 Å². The molecule has 0 amide bonds. The summed E-state index contributed by atoms with van der Waals surface area (Å²) in [6.07, 6.45) is 1.69. The number of benzene rings is 1. The van der Waals surface area contributed by atoms with Crippen molar-refractivity contribution in [2.24, 2.45) is 0 Å². The monoisotopic (exact) mass is 352 g/mol. The second-order valence-electron chi connectivity index (χ2n) is 5.15. The van der Waals surface area contributed by atoms with Crippen LogP contribution < -0.4 is 5.32 Å². The number of aromatic nitrogens is 1. The first-order valence-electron chi connectivity index (χ1n) is 6.54. The zero-order chi connectivity index (χ0) is 14.9. The molecule has 0 radical (unpaired) electrons. The molecule has 2 aromatic rings. The summed E-state index contributed by atoms with van der Waals surface area (Å²) >= 11 is 9.55. The Balaban J connectivity index is 2.30. The average Bonchev–Trinajstić information content (AvgIpc) is 2.38. The molecule has 1 N–H and O–H groups in total. The highest BCUT2D eigenvalue weighted by molar-refractivity contribution is 9.10. The molecule has 106 valence electrons. The van der Waals surface area contributed by atoms with Crippen molar-refractivity contribution in [1.29, 1.82) is 0 Å². The van der Waals surface area contributed by atoms with Crippen LogP contribution in [0.25, 0.3) is 0 Å². The summed E-state index contributed by atoms with van der Waals surface area (Å²) in [4.78, 5) is 4.14. The maximum Gasteiger partial charge on any atom is 0.152 e. The fourth-order valence-corrected chi connectivity index (χ4v) is 2.77. The third-order valence-electron chi connectivity index (χ3n) is 3.53. The van der Waals surface area contributed by atoms with Gasteiger partial charge in [0.15, 0.2) is 5.15 Å². The van der Waals surface area contributed by atoms with E-state index in [-0.39, 0.29) is 6.04 Å². The lowest BCUT2D eigenvalue weighted by atomic mass is 9.96. The van der Waals surface area contributed by atoms with Gasteiger partial charge in [0.05, 0.1) is 5.69 Å². The van der Waals surface area contributed by atoms with Crippen molar-refractivity contribution >= 4 is 33.2 Å². The van der Waals surface area contributed by atoms with E-state index in [1.54, 1.807) is 6.20 Å². The SMILES string of the molecule is Cc1cc(C)c(C(C)Nc2cc(Br)cnc2Cl)cc1C. The van der Waals surface area contributed by atoms with Gasteiger partial charge in [0.2, 0.25) is 0 Å². The standard InChI is InChI=1S/C16H18BrClN2/c1-9-5-11(3)14(6-10(9)2)12(4)20-15-7-13(17)8-19-16(15)18/h5-8,12,20H,1-4H3. The molecule has 1 aromatic heterocycles. The zero-order valence-corrected chi connectivity index (χ0v) is 14.4. The summed E-state index contributed by atoms with van der Waals surface area (Å²) in [5.41, 5.74) is 6.03. The van der Waals surface area contributed by atoms with E-state index in [4.69, 9.17) is 11.6 Å². The quantitative estimate of drug-likeness (QED) is 0.727. The molecule has 0 fully saturated rings. The Hall–Kier alpha value is -1.06. The van der Waals surface area contributed by atoms with Gasteiger partial charge in [-0.25, -0.2) is 4.98 Å². The second-order valence-corrected chi connectivity index (χ2v) is 6.42. The smallest absolute Gasteiger partial charge is 0.152 e. The molecular formula is C16H18BrClN2. The van der Waals surface area contributed by atoms with E-state index in [1.165, 1.54) is 22.3 Å². The first-order valence-corrected chi connectivity index (χ1v) is 7.71. The molecule has 2 nitrogen and oxygen atoms in total. The summed E-state index contributed by atoms with van der Waals surface area (Å²) in [7, 11) is 0. The number of rotatable bonds is 3. The largest absolute Gasteiger partial charge is 0.376 e. The number of aryl methyl sites for hydroxylation is 3. The minimum Gasteiger partial charge on any atom is -0.376 e. The Morgan fingerprint density at radius 2 is 1.75 bits per heavy atom. The summed E-state index contributed by atoms with van der Waals surface area (Å²) in [5.74, 6) is 0. The fraction of sp³-hybridized carbons (Fsp3) is 0.312. The van der Waals surface area contributed by atoms with Crippen molar-refractivity contribution in [3.05, 3.63) is 56.3 Å². The lowest BCUT2D eigenvalue weighted by Gasteiger charge is -2.20. The van der Waals surface area contributed by atoms with Gasteiger partial charge in [0.25, 0.3) is 0 Å². The number of hydrogen-bond donors (Lipinski definition) is 1. The minimum atomic E-state index is 0.169. The molecule has 0 saturated heterocycles. The van der Waals surface area contributed by atoms with Crippen LogP contribution in [0.15, 0.2) is 28.9 Å². The number of halogens is 2. The molecule has 1 aromatic carbocycles. The molecular weight excluding hydrogens is 336 g/mol. The van der Waals surface area contributed by atoms with Gasteiger partial charge in [-0.1, -0.05) is 23.7 Å². The predicted molar refractivity (Wildman–Crippen MR) is 89.6 cm³/mol. The molecule has 1 unspecified atom stereocenters. The molecule has 0 bridgehead atoms. The van der Waals surface area contributed by atoms with Crippen LogP contribution in [-0.4, -0.2) is 4.98 Å². The van der Waals surface area contributed by atoms with Crippen LogP contribution in [0.4, 0.5) is 5.69 Å². The van der Waals surface area contributed by atoms with Crippen LogP contribution in [0.3, 0.4) is 0 Å². The topological polar surface area (TPSA) is 24.9 Å². The summed E-state index contributed by atoms with van der Waals surface area (Å²) in [6, 6.07) is 6.58. The summed E-state index contributed by atoms with van der Waals surface area (Å²) in [6.45, 7) is 8.55. The molecule has 0 aliphatic heterocycles. The highest BCUT2D eigenvalue weighted by atomic mass is 79.9. The molecule has 2 rings (SSSR count). The average molecular weight is 354 g/mol. The van der Waals surface area contributed by atoms with E-state index in [2.05, 4.69) is 66.1 Å². The van der Waals surface area contributed by atoms with Crippen LogP contribution in [0.2, 0.25) is 5.15 Å². The highest BCUT2D eigenvalue weighted by Gasteiger charge is 2.12. The molecule has 0 aliphatic rings. The van der Waals surface area contributed by atoms with Crippen LogP contribution in [0, 0.1) is 20.8 Å². The highest BCUT2D eigenvalue weighted by Crippen LogP contribution is 2.29. The molecule has 0 saturated carbocycles. The lowest BCUT2D eigenvalue weighted by molar-refractivity contribution is 0.869. The maximum atomic E-state index is 6.13. The first-order chi connectivity index (χ1) is 9.38. The molecule has 1 heterocycles. The Labute approximate surface area is 133 Å². The van der Waals surface area contributed by atoms with E-state index in [1.807, 2.05) is 6.07 Å². The molecule has 20 heavy (non-hydrogen) atoms. The van der Waals surface area contributed by atoms with Gasteiger partial charge in [-0.05, 0) is 71.9 Å². The van der Waals surface area contributed by atoms with Crippen molar-refractivity contribution < 1.29 is 0 Å². The lowest BCUT2D eigenvalue weighted by Crippen LogP contribution is -2.09. The molecule has 0 aliphatic carbocycles. The molecule has 1 atom stereocenters. The van der Waals surface area contributed by atoms with E-state index in [9.17, 15) is 0 Å². The number of anilines is 1. The van der Waals surface area contributed by atoms with Gasteiger partial charge in [0, 0.05) is 16.7 Å². The van der Waals surface area contributed by atoms with Crippen molar-refractivity contribution in [3.63, 3.8) is 0 Å². The van der Waals surface area contributed by atoms with Gasteiger partial charge in [0.1, 0.15) is 0 Å². The third kappa shape index (κ3) is 3.33. The van der Waals surface area contributed by atoms with Crippen LogP contribution in [-0.2, 0) is 0 Å². The number of hydrogen-bond acceptors (Lipinski definition) is 2. The second kappa shape index (κ2) is 6.15. The third-order valence-corrected chi connectivity index (χ3v) is 4.26. The van der Waals surface area contributed by atoms with Crippen molar-refractivity contribution in [2.75, 3.05) is 5.32 Å². The van der Waals surface area contributed by atoms with Crippen molar-refractivity contribution in [2.45, 2.75) is 33.7 Å². The fourth-order valence-electron chi connectivity index (χ4n) is 2.28. The maximum absolute atomic E-state index is 6.13. The van der Waals surface area contributed by atoms with Gasteiger partial charge < -0.3 is 5.32 Å². The predicted octanol–water partition coefficient (Wildman–Crippen LogP) is 5.60. The number of pyridine rings is 1. The number of nitrogens with zero attached hydrogens (tertiary/aromatic N) is 1.